The van der Waals surface area contributed by atoms with E-state index < -0.39 is 5.97 Å². The van der Waals surface area contributed by atoms with Crippen molar-refractivity contribution in [1.82, 2.24) is 9.47 Å². The Bertz CT molecular complexity index is 483. The molecule has 0 radical (unpaired) electrons. The molecule has 2 heterocycles. The number of carbonyl (C=O) groups is 2. The topological polar surface area (TPSA) is 82.8 Å². The van der Waals surface area contributed by atoms with Crippen LogP contribution < -0.4 is 0 Å². The summed E-state index contributed by atoms with van der Waals surface area (Å²) in [5.41, 5.74) is 0.381. The van der Waals surface area contributed by atoms with Crippen molar-refractivity contribution >= 4 is 11.9 Å². The first kappa shape index (κ1) is 13.6. The Labute approximate surface area is 111 Å². The van der Waals surface area contributed by atoms with E-state index in [2.05, 4.69) is 0 Å². The summed E-state index contributed by atoms with van der Waals surface area (Å²) >= 11 is 0. The second-order valence-electron chi connectivity index (χ2n) is 5.00. The predicted octanol–water partition coefficient (Wildman–Crippen LogP) is 0.416. The highest BCUT2D eigenvalue weighted by atomic mass is 16.4. The molecule has 19 heavy (non-hydrogen) atoms. The highest BCUT2D eigenvalue weighted by molar-refractivity contribution is 5.93. The monoisotopic (exact) mass is 266 g/mol. The molecule has 1 aromatic heterocycles. The maximum Gasteiger partial charge on any atom is 0.323 e. The van der Waals surface area contributed by atoms with Crippen molar-refractivity contribution < 1.29 is 19.8 Å². The summed E-state index contributed by atoms with van der Waals surface area (Å²) in [5, 5.41) is 18.5. The molecule has 0 aromatic carbocycles. The summed E-state index contributed by atoms with van der Waals surface area (Å²) < 4.78 is 1.43. The summed E-state index contributed by atoms with van der Waals surface area (Å²) in [6.45, 7) is 2.68. The summed E-state index contributed by atoms with van der Waals surface area (Å²) in [6, 6.07) is 3.29. The van der Waals surface area contributed by atoms with E-state index in [1.54, 1.807) is 23.2 Å². The van der Waals surface area contributed by atoms with Crippen LogP contribution in [0.3, 0.4) is 0 Å². The van der Waals surface area contributed by atoms with E-state index in [1.807, 2.05) is 6.92 Å². The average Bonchev–Trinajstić information content (AvgIpc) is 2.79. The summed E-state index contributed by atoms with van der Waals surface area (Å²) in [6.07, 6.45) is 1.78. The van der Waals surface area contributed by atoms with Crippen molar-refractivity contribution in [3.05, 3.63) is 24.0 Å². The van der Waals surface area contributed by atoms with Gasteiger partial charge in [-0.05, 0) is 24.5 Å². The molecule has 1 aromatic rings. The average molecular weight is 266 g/mol. The third kappa shape index (κ3) is 2.96. The van der Waals surface area contributed by atoms with Crippen LogP contribution in [0.5, 0.6) is 0 Å². The number of hydrogen-bond acceptors (Lipinski definition) is 3. The standard InChI is InChI=1S/C13H18N2O4/c1-9-7-15(6-4-11(9)16)13(19)10-3-2-5-14(10)8-12(17)18/h2-3,5,9,11,16H,4,6-8H2,1H3,(H,17,18). The zero-order valence-electron chi connectivity index (χ0n) is 10.8. The maximum atomic E-state index is 12.3. The van der Waals surface area contributed by atoms with Crippen molar-refractivity contribution in [2.45, 2.75) is 26.0 Å². The minimum absolute atomic E-state index is 0.0422. The third-order valence-corrected chi connectivity index (χ3v) is 3.50. The lowest BCUT2D eigenvalue weighted by Gasteiger charge is -2.34. The number of rotatable bonds is 3. The third-order valence-electron chi connectivity index (χ3n) is 3.50. The molecular formula is C13H18N2O4. The van der Waals surface area contributed by atoms with Crippen LogP contribution in [0.15, 0.2) is 18.3 Å². The molecule has 6 heteroatoms. The molecule has 2 atom stereocenters. The van der Waals surface area contributed by atoms with Crippen LogP contribution in [0.25, 0.3) is 0 Å². The normalized spacial score (nSPS) is 23.4. The molecule has 1 amide bonds. The fourth-order valence-electron chi connectivity index (χ4n) is 2.37. The summed E-state index contributed by atoms with van der Waals surface area (Å²) in [4.78, 5) is 24.8. The van der Waals surface area contributed by atoms with Crippen LogP contribution >= 0.6 is 0 Å². The second kappa shape index (κ2) is 5.44. The van der Waals surface area contributed by atoms with E-state index in [9.17, 15) is 14.7 Å². The Hall–Kier alpha value is -1.82. The summed E-state index contributed by atoms with van der Waals surface area (Å²) in [5.74, 6) is -1.11. The van der Waals surface area contributed by atoms with E-state index in [1.165, 1.54) is 4.57 Å². The molecule has 0 saturated carbocycles. The zero-order valence-corrected chi connectivity index (χ0v) is 10.8. The van der Waals surface area contributed by atoms with Crippen molar-refractivity contribution in [2.24, 2.45) is 5.92 Å². The Morgan fingerprint density at radius 1 is 1.47 bits per heavy atom. The smallest absolute Gasteiger partial charge is 0.323 e. The lowest BCUT2D eigenvalue weighted by molar-refractivity contribution is -0.137. The largest absolute Gasteiger partial charge is 0.480 e. The number of carboxylic acids is 1. The van der Waals surface area contributed by atoms with Gasteiger partial charge in [0.25, 0.3) is 5.91 Å². The minimum atomic E-state index is -0.979. The lowest BCUT2D eigenvalue weighted by Crippen LogP contribution is -2.45. The Kier molecular flexibility index (Phi) is 3.90. The van der Waals surface area contributed by atoms with Crippen molar-refractivity contribution in [1.29, 1.82) is 0 Å². The molecule has 0 aliphatic carbocycles. The van der Waals surface area contributed by atoms with Crippen LogP contribution in [0.4, 0.5) is 0 Å². The van der Waals surface area contributed by atoms with E-state index in [0.29, 0.717) is 25.2 Å². The van der Waals surface area contributed by atoms with E-state index in [-0.39, 0.29) is 24.5 Å². The van der Waals surface area contributed by atoms with Gasteiger partial charge in [0.1, 0.15) is 12.2 Å². The number of amides is 1. The van der Waals surface area contributed by atoms with Gasteiger partial charge in [0.15, 0.2) is 0 Å². The van der Waals surface area contributed by atoms with Crippen LogP contribution in [-0.4, -0.2) is 50.8 Å². The van der Waals surface area contributed by atoms with E-state index >= 15 is 0 Å². The van der Waals surface area contributed by atoms with Gasteiger partial charge in [0.2, 0.25) is 0 Å². The Morgan fingerprint density at radius 2 is 2.21 bits per heavy atom. The highest BCUT2D eigenvalue weighted by Crippen LogP contribution is 2.19. The Balaban J connectivity index is 2.11. The van der Waals surface area contributed by atoms with Gasteiger partial charge in [0, 0.05) is 19.3 Å². The predicted molar refractivity (Wildman–Crippen MR) is 67.8 cm³/mol. The maximum absolute atomic E-state index is 12.3. The van der Waals surface area contributed by atoms with Gasteiger partial charge in [-0.1, -0.05) is 6.92 Å². The SMILES string of the molecule is CC1CN(C(=O)c2cccn2CC(=O)O)CCC1O. The van der Waals surface area contributed by atoms with Crippen LogP contribution in [0, 0.1) is 5.92 Å². The molecule has 6 nitrogen and oxygen atoms in total. The minimum Gasteiger partial charge on any atom is -0.480 e. The number of nitrogens with zero attached hydrogens (tertiary/aromatic N) is 2. The van der Waals surface area contributed by atoms with Crippen LogP contribution in [0.1, 0.15) is 23.8 Å². The summed E-state index contributed by atoms with van der Waals surface area (Å²) in [7, 11) is 0. The highest BCUT2D eigenvalue weighted by Gasteiger charge is 2.28. The second-order valence-corrected chi connectivity index (χ2v) is 5.00. The van der Waals surface area contributed by atoms with Gasteiger partial charge in [0.05, 0.1) is 6.10 Å². The molecule has 1 saturated heterocycles. The Morgan fingerprint density at radius 3 is 2.84 bits per heavy atom. The fraction of sp³-hybridized carbons (Fsp3) is 0.538. The number of likely N-dealkylation sites (tertiary alicyclic amines) is 1. The van der Waals surface area contributed by atoms with Crippen molar-refractivity contribution in [3.63, 3.8) is 0 Å². The first-order valence-electron chi connectivity index (χ1n) is 6.33. The quantitative estimate of drug-likeness (QED) is 0.830. The fourth-order valence-corrected chi connectivity index (χ4v) is 2.37. The number of carboxylic acid groups (broad SMARTS) is 1. The van der Waals surface area contributed by atoms with Gasteiger partial charge in [-0.2, -0.15) is 0 Å². The molecule has 104 valence electrons. The first-order chi connectivity index (χ1) is 8.99. The molecule has 1 aliphatic rings. The zero-order chi connectivity index (χ0) is 14.0. The van der Waals surface area contributed by atoms with Gasteiger partial charge >= 0.3 is 5.97 Å². The molecule has 2 rings (SSSR count). The van der Waals surface area contributed by atoms with Gasteiger partial charge in [-0.3, -0.25) is 9.59 Å². The first-order valence-corrected chi connectivity index (χ1v) is 6.33. The molecule has 1 fully saturated rings. The van der Waals surface area contributed by atoms with Crippen LogP contribution in [-0.2, 0) is 11.3 Å². The van der Waals surface area contributed by atoms with Gasteiger partial charge < -0.3 is 19.7 Å². The number of aliphatic carboxylic acids is 1. The molecule has 0 spiro atoms. The van der Waals surface area contributed by atoms with Crippen molar-refractivity contribution in [3.8, 4) is 0 Å². The number of aliphatic hydroxyl groups excluding tert-OH is 1. The van der Waals surface area contributed by atoms with Crippen molar-refractivity contribution in [2.75, 3.05) is 13.1 Å². The molecule has 0 bridgehead atoms. The number of carbonyl (C=O) groups excluding carboxylic acids is 1. The number of hydrogen-bond donors (Lipinski definition) is 2. The van der Waals surface area contributed by atoms with Crippen LogP contribution in [0.2, 0.25) is 0 Å². The number of aromatic nitrogens is 1. The lowest BCUT2D eigenvalue weighted by atomic mass is 9.96. The van der Waals surface area contributed by atoms with Gasteiger partial charge in [-0.25, -0.2) is 0 Å². The molecule has 2 unspecified atom stereocenters. The number of piperidine rings is 1. The number of aliphatic hydroxyl groups is 1. The molecular weight excluding hydrogens is 248 g/mol. The molecule has 1 aliphatic heterocycles. The van der Waals surface area contributed by atoms with E-state index in [4.69, 9.17) is 5.11 Å². The van der Waals surface area contributed by atoms with E-state index in [0.717, 1.165) is 0 Å². The molecule has 2 N–H and O–H groups in total. The van der Waals surface area contributed by atoms with Gasteiger partial charge in [-0.15, -0.1) is 0 Å².